The van der Waals surface area contributed by atoms with Crippen LogP contribution in [0.5, 0.6) is 0 Å². The minimum Gasteiger partial charge on any atom is -0.467 e. The molecule has 0 aliphatic heterocycles. The van der Waals surface area contributed by atoms with E-state index in [9.17, 15) is 14.4 Å². The van der Waals surface area contributed by atoms with Crippen molar-refractivity contribution in [3.63, 3.8) is 0 Å². The summed E-state index contributed by atoms with van der Waals surface area (Å²) in [5.41, 5.74) is -0.226. The van der Waals surface area contributed by atoms with E-state index in [0.29, 0.717) is 15.4 Å². The number of amides is 1. The van der Waals surface area contributed by atoms with Gasteiger partial charge in [-0.15, -0.1) is 11.3 Å². The standard InChI is InChI=1S/C15H19N3O4S2/c1-4-8(2)11(14(21)22-3)16-10(19)7-24-15-17-12(20)9-5-6-23-13(9)18-15/h5-6,8,11H,4,7H2,1-3H3,(H,16,19)(H,17,18,20). The molecule has 0 aliphatic rings. The molecule has 2 N–H and O–H groups in total. The van der Waals surface area contributed by atoms with Crippen LogP contribution >= 0.6 is 23.1 Å². The summed E-state index contributed by atoms with van der Waals surface area (Å²) in [7, 11) is 1.30. The zero-order valence-electron chi connectivity index (χ0n) is 13.6. The van der Waals surface area contributed by atoms with E-state index < -0.39 is 12.0 Å². The fraction of sp³-hybridized carbons (Fsp3) is 0.467. The maximum absolute atomic E-state index is 12.1. The van der Waals surface area contributed by atoms with Crippen LogP contribution in [0.25, 0.3) is 10.2 Å². The number of aromatic amines is 1. The second-order valence-corrected chi connectivity index (χ2v) is 7.11. The number of fused-ring (bicyclic) bond motifs is 1. The minimum atomic E-state index is -0.681. The number of nitrogens with one attached hydrogen (secondary N) is 2. The SMILES string of the molecule is CCC(C)C(NC(=O)CSc1nc2sccc2c(=O)[nH]1)C(=O)OC. The van der Waals surface area contributed by atoms with E-state index in [1.807, 2.05) is 13.8 Å². The molecule has 2 heterocycles. The first kappa shape index (κ1) is 18.5. The van der Waals surface area contributed by atoms with Crippen LogP contribution in [-0.2, 0) is 14.3 Å². The Hall–Kier alpha value is -1.87. The molecule has 1 amide bonds. The van der Waals surface area contributed by atoms with Gasteiger partial charge in [-0.3, -0.25) is 9.59 Å². The minimum absolute atomic E-state index is 0.0354. The lowest BCUT2D eigenvalue weighted by Crippen LogP contribution is -2.46. The Labute approximate surface area is 147 Å². The molecule has 0 radical (unpaired) electrons. The summed E-state index contributed by atoms with van der Waals surface area (Å²) in [5, 5.41) is 5.39. The van der Waals surface area contributed by atoms with Crippen LogP contribution in [0.2, 0.25) is 0 Å². The van der Waals surface area contributed by atoms with E-state index in [1.54, 1.807) is 11.4 Å². The maximum Gasteiger partial charge on any atom is 0.328 e. The summed E-state index contributed by atoms with van der Waals surface area (Å²) in [6.07, 6.45) is 0.733. The van der Waals surface area contributed by atoms with Gasteiger partial charge in [0.05, 0.1) is 18.2 Å². The fourth-order valence-corrected chi connectivity index (χ4v) is 3.55. The first-order chi connectivity index (χ1) is 11.5. The number of methoxy groups -OCH3 is 1. The monoisotopic (exact) mass is 369 g/mol. The van der Waals surface area contributed by atoms with Crippen molar-refractivity contribution in [2.24, 2.45) is 5.92 Å². The van der Waals surface area contributed by atoms with Gasteiger partial charge in [0.15, 0.2) is 5.16 Å². The quantitative estimate of drug-likeness (QED) is 0.438. The molecule has 0 bridgehead atoms. The molecule has 7 nitrogen and oxygen atoms in total. The van der Waals surface area contributed by atoms with Crippen LogP contribution < -0.4 is 10.9 Å². The molecule has 2 rings (SSSR count). The molecule has 0 fully saturated rings. The first-order valence-electron chi connectivity index (χ1n) is 7.43. The third kappa shape index (κ3) is 4.35. The van der Waals surface area contributed by atoms with E-state index in [4.69, 9.17) is 4.74 Å². The molecular formula is C15H19N3O4S2. The van der Waals surface area contributed by atoms with Gasteiger partial charge in [-0.05, 0) is 17.4 Å². The van der Waals surface area contributed by atoms with Gasteiger partial charge in [-0.25, -0.2) is 9.78 Å². The smallest absolute Gasteiger partial charge is 0.328 e. The van der Waals surface area contributed by atoms with Gasteiger partial charge in [-0.1, -0.05) is 32.0 Å². The number of ether oxygens (including phenoxy) is 1. The van der Waals surface area contributed by atoms with Crippen molar-refractivity contribution >= 4 is 45.2 Å². The molecule has 0 saturated carbocycles. The van der Waals surface area contributed by atoms with Crippen molar-refractivity contribution in [1.29, 1.82) is 0 Å². The highest BCUT2D eigenvalue weighted by atomic mass is 32.2. The van der Waals surface area contributed by atoms with Crippen LogP contribution in [-0.4, -0.2) is 40.7 Å². The lowest BCUT2D eigenvalue weighted by atomic mass is 9.99. The predicted molar refractivity (Wildman–Crippen MR) is 94.4 cm³/mol. The lowest BCUT2D eigenvalue weighted by molar-refractivity contribution is -0.146. The van der Waals surface area contributed by atoms with Crippen molar-refractivity contribution in [1.82, 2.24) is 15.3 Å². The Bertz CT molecular complexity index is 786. The normalized spacial score (nSPS) is 13.5. The molecule has 2 aromatic rings. The third-order valence-corrected chi connectivity index (χ3v) is 5.32. The molecule has 0 spiro atoms. The van der Waals surface area contributed by atoms with Gasteiger partial charge in [0, 0.05) is 0 Å². The van der Waals surface area contributed by atoms with Crippen molar-refractivity contribution < 1.29 is 14.3 Å². The molecule has 2 unspecified atom stereocenters. The Morgan fingerprint density at radius 2 is 2.25 bits per heavy atom. The van der Waals surface area contributed by atoms with Gasteiger partial charge >= 0.3 is 5.97 Å². The van der Waals surface area contributed by atoms with Gasteiger partial charge in [-0.2, -0.15) is 0 Å². The van der Waals surface area contributed by atoms with Crippen LogP contribution in [0.3, 0.4) is 0 Å². The molecule has 2 aromatic heterocycles. The average Bonchev–Trinajstić information content (AvgIpc) is 3.05. The van der Waals surface area contributed by atoms with Crippen LogP contribution in [0, 0.1) is 5.92 Å². The molecule has 130 valence electrons. The van der Waals surface area contributed by atoms with Gasteiger partial charge in [0.2, 0.25) is 5.91 Å². The van der Waals surface area contributed by atoms with Crippen molar-refractivity contribution in [2.75, 3.05) is 12.9 Å². The fourth-order valence-electron chi connectivity index (χ4n) is 2.06. The summed E-state index contributed by atoms with van der Waals surface area (Å²) in [5.74, 6) is -0.769. The van der Waals surface area contributed by atoms with E-state index in [-0.39, 0.29) is 23.1 Å². The number of rotatable bonds is 7. The number of H-pyrrole nitrogens is 1. The zero-order valence-corrected chi connectivity index (χ0v) is 15.3. The van der Waals surface area contributed by atoms with Gasteiger partial charge < -0.3 is 15.0 Å². The van der Waals surface area contributed by atoms with Crippen LogP contribution in [0.4, 0.5) is 0 Å². The van der Waals surface area contributed by atoms with E-state index in [0.717, 1.165) is 18.2 Å². The maximum atomic E-state index is 12.1. The summed E-state index contributed by atoms with van der Waals surface area (Å²) >= 11 is 2.49. The summed E-state index contributed by atoms with van der Waals surface area (Å²) in [6, 6.07) is 1.03. The van der Waals surface area contributed by atoms with E-state index in [1.165, 1.54) is 18.4 Å². The number of hydrogen-bond donors (Lipinski definition) is 2. The highest BCUT2D eigenvalue weighted by molar-refractivity contribution is 7.99. The number of hydrogen-bond acceptors (Lipinski definition) is 7. The molecule has 0 saturated heterocycles. The number of carbonyl (C=O) groups excluding carboxylic acids is 2. The summed E-state index contributed by atoms with van der Waals surface area (Å²) in [4.78, 5) is 43.3. The third-order valence-electron chi connectivity index (χ3n) is 3.64. The Kier molecular flexibility index (Phi) is 6.38. The average molecular weight is 369 g/mol. The van der Waals surface area contributed by atoms with E-state index >= 15 is 0 Å². The lowest BCUT2D eigenvalue weighted by Gasteiger charge is -2.21. The Morgan fingerprint density at radius 3 is 2.92 bits per heavy atom. The van der Waals surface area contributed by atoms with Crippen LogP contribution in [0.15, 0.2) is 21.4 Å². The number of carbonyl (C=O) groups is 2. The zero-order chi connectivity index (χ0) is 17.7. The van der Waals surface area contributed by atoms with E-state index in [2.05, 4.69) is 15.3 Å². The van der Waals surface area contributed by atoms with Crippen molar-refractivity contribution in [3.05, 3.63) is 21.8 Å². The molecule has 0 aromatic carbocycles. The first-order valence-corrected chi connectivity index (χ1v) is 9.30. The number of esters is 1. The second kappa shape index (κ2) is 8.29. The molecular weight excluding hydrogens is 350 g/mol. The topological polar surface area (TPSA) is 101 Å². The number of thiophene rings is 1. The van der Waals surface area contributed by atoms with Crippen molar-refractivity contribution in [2.45, 2.75) is 31.5 Å². The molecule has 9 heteroatoms. The Balaban J connectivity index is 2.00. The highest BCUT2D eigenvalue weighted by Crippen LogP contribution is 2.19. The second-order valence-electron chi connectivity index (χ2n) is 5.25. The molecule has 2 atom stereocenters. The highest BCUT2D eigenvalue weighted by Gasteiger charge is 2.26. The number of nitrogens with zero attached hydrogens (tertiary/aromatic N) is 1. The number of thioether (sulfide) groups is 1. The summed E-state index contributed by atoms with van der Waals surface area (Å²) in [6.45, 7) is 3.81. The summed E-state index contributed by atoms with van der Waals surface area (Å²) < 4.78 is 4.74. The Morgan fingerprint density at radius 1 is 1.50 bits per heavy atom. The number of aromatic nitrogens is 2. The van der Waals surface area contributed by atoms with Crippen molar-refractivity contribution in [3.8, 4) is 0 Å². The largest absolute Gasteiger partial charge is 0.467 e. The molecule has 0 aliphatic carbocycles. The van der Waals surface area contributed by atoms with Gasteiger partial charge in [0.25, 0.3) is 5.56 Å². The molecule has 24 heavy (non-hydrogen) atoms. The predicted octanol–water partition coefficient (Wildman–Crippen LogP) is 1.78. The van der Waals surface area contributed by atoms with Crippen LogP contribution in [0.1, 0.15) is 20.3 Å². The van der Waals surface area contributed by atoms with Gasteiger partial charge in [0.1, 0.15) is 10.9 Å².